The first-order valence-corrected chi connectivity index (χ1v) is 7.18. The number of rotatable bonds is 9. The number of aromatic nitrogens is 4. The summed E-state index contributed by atoms with van der Waals surface area (Å²) >= 11 is 0. The van der Waals surface area contributed by atoms with Gasteiger partial charge in [0.25, 0.3) is 0 Å². The molecule has 0 aliphatic carbocycles. The van der Waals surface area contributed by atoms with Crippen LogP contribution in [0.4, 0.5) is 0 Å². The lowest BCUT2D eigenvalue weighted by Gasteiger charge is -2.19. The number of carboxylic acid groups (broad SMARTS) is 1. The Hall–Kier alpha value is -2.88. The first kappa shape index (κ1) is 17.5. The molecule has 0 bridgehead atoms. The second kappa shape index (κ2) is 8.67. The normalized spacial score (nSPS) is 10.5. The van der Waals surface area contributed by atoms with Crippen molar-refractivity contribution in [1.29, 1.82) is 0 Å². The molecule has 2 heterocycles. The first-order chi connectivity index (χ1) is 11.6. The summed E-state index contributed by atoms with van der Waals surface area (Å²) in [5, 5.41) is 12.6. The molecular weight excluding hydrogens is 318 g/mol. The predicted molar refractivity (Wildman–Crippen MR) is 79.7 cm³/mol. The summed E-state index contributed by atoms with van der Waals surface area (Å²) in [6, 6.07) is 1.67. The molecule has 1 amide bonds. The van der Waals surface area contributed by atoms with Gasteiger partial charge in [-0.2, -0.15) is 4.98 Å². The summed E-state index contributed by atoms with van der Waals surface area (Å²) in [6.45, 7) is 0.0821. The van der Waals surface area contributed by atoms with Crippen molar-refractivity contribution in [3.05, 3.63) is 24.4 Å². The number of hydrogen-bond acceptors (Lipinski definition) is 8. The molecule has 2 rings (SSSR count). The van der Waals surface area contributed by atoms with Crippen molar-refractivity contribution in [1.82, 2.24) is 25.0 Å². The van der Waals surface area contributed by atoms with Gasteiger partial charge in [-0.15, -0.1) is 0 Å². The second-order valence-electron chi connectivity index (χ2n) is 4.79. The van der Waals surface area contributed by atoms with Crippen LogP contribution in [0.25, 0.3) is 11.6 Å². The van der Waals surface area contributed by atoms with E-state index in [1.807, 2.05) is 0 Å². The molecule has 0 atom stereocenters. The van der Waals surface area contributed by atoms with Crippen molar-refractivity contribution in [3.8, 4) is 11.6 Å². The lowest BCUT2D eigenvalue weighted by molar-refractivity contribution is -0.144. The Balaban J connectivity index is 1.92. The van der Waals surface area contributed by atoms with Crippen molar-refractivity contribution in [2.45, 2.75) is 12.8 Å². The summed E-state index contributed by atoms with van der Waals surface area (Å²) in [7, 11) is 1.48. The number of carbonyl (C=O) groups is 2. The van der Waals surface area contributed by atoms with Crippen LogP contribution in [0.3, 0.4) is 0 Å². The number of ether oxygens (including phenoxy) is 1. The van der Waals surface area contributed by atoms with Crippen LogP contribution in [-0.2, 0) is 20.7 Å². The molecular formula is C14H17N5O5. The van der Waals surface area contributed by atoms with Crippen molar-refractivity contribution in [2.24, 2.45) is 0 Å². The molecule has 0 aliphatic heterocycles. The fourth-order valence-electron chi connectivity index (χ4n) is 1.89. The molecule has 24 heavy (non-hydrogen) atoms. The molecule has 0 saturated heterocycles. The molecule has 0 fully saturated rings. The monoisotopic (exact) mass is 335 g/mol. The highest BCUT2D eigenvalue weighted by Crippen LogP contribution is 2.10. The third-order valence-corrected chi connectivity index (χ3v) is 3.03. The number of aliphatic carboxylic acids is 1. The molecule has 0 aliphatic rings. The maximum atomic E-state index is 12.1. The Morgan fingerprint density at radius 2 is 2.04 bits per heavy atom. The van der Waals surface area contributed by atoms with Gasteiger partial charge in [0, 0.05) is 38.9 Å². The topological polar surface area (TPSA) is 132 Å². The van der Waals surface area contributed by atoms with Gasteiger partial charge in [0.1, 0.15) is 6.54 Å². The van der Waals surface area contributed by atoms with E-state index in [0.717, 1.165) is 0 Å². The van der Waals surface area contributed by atoms with Crippen LogP contribution in [0.5, 0.6) is 0 Å². The molecule has 1 N–H and O–H groups in total. The highest BCUT2D eigenvalue weighted by Gasteiger charge is 2.18. The summed E-state index contributed by atoms with van der Waals surface area (Å²) in [4.78, 5) is 36.3. The SMILES string of the molecule is COCCN(CC(=O)O)C(=O)CCc1nc(-c2ncccn2)no1. The van der Waals surface area contributed by atoms with E-state index in [4.69, 9.17) is 14.4 Å². The standard InChI is InChI=1S/C14H17N5O5/c1-23-8-7-19(9-12(21)22)11(20)4-3-10-17-14(18-24-10)13-15-5-2-6-16-13/h2,5-6H,3-4,7-9H2,1H3,(H,21,22). The predicted octanol–water partition coefficient (Wildman–Crippen LogP) is 0.0188. The molecule has 0 spiro atoms. The maximum absolute atomic E-state index is 12.1. The fourth-order valence-corrected chi connectivity index (χ4v) is 1.89. The maximum Gasteiger partial charge on any atom is 0.323 e. The van der Waals surface area contributed by atoms with Crippen LogP contribution in [0.2, 0.25) is 0 Å². The molecule has 0 radical (unpaired) electrons. The van der Waals surface area contributed by atoms with E-state index in [9.17, 15) is 9.59 Å². The van der Waals surface area contributed by atoms with E-state index >= 15 is 0 Å². The van der Waals surface area contributed by atoms with Gasteiger partial charge in [0.05, 0.1) is 6.61 Å². The smallest absolute Gasteiger partial charge is 0.323 e. The molecule has 10 heteroatoms. The largest absolute Gasteiger partial charge is 0.480 e. The van der Waals surface area contributed by atoms with E-state index in [-0.39, 0.29) is 50.2 Å². The third-order valence-electron chi connectivity index (χ3n) is 3.03. The quantitative estimate of drug-likeness (QED) is 0.673. The number of amides is 1. The Morgan fingerprint density at radius 3 is 2.71 bits per heavy atom. The second-order valence-corrected chi connectivity index (χ2v) is 4.79. The van der Waals surface area contributed by atoms with Gasteiger partial charge in [-0.05, 0) is 6.07 Å². The van der Waals surface area contributed by atoms with E-state index in [0.29, 0.717) is 5.82 Å². The lowest BCUT2D eigenvalue weighted by atomic mass is 10.2. The summed E-state index contributed by atoms with van der Waals surface area (Å²) in [6.07, 6.45) is 3.36. The third kappa shape index (κ3) is 5.09. The van der Waals surface area contributed by atoms with Gasteiger partial charge in [0.15, 0.2) is 0 Å². The van der Waals surface area contributed by atoms with Gasteiger partial charge < -0.3 is 19.3 Å². The van der Waals surface area contributed by atoms with E-state index < -0.39 is 5.97 Å². The molecule has 0 saturated carbocycles. The summed E-state index contributed by atoms with van der Waals surface area (Å²) in [5.74, 6) is -0.593. The Bertz CT molecular complexity index is 675. The number of aryl methyl sites for hydroxylation is 1. The summed E-state index contributed by atoms with van der Waals surface area (Å²) < 4.78 is 9.94. The zero-order chi connectivity index (χ0) is 17.4. The number of carbonyl (C=O) groups excluding carboxylic acids is 1. The van der Waals surface area contributed by atoms with Crippen LogP contribution in [-0.4, -0.2) is 68.8 Å². The zero-order valence-corrected chi connectivity index (χ0v) is 13.1. The van der Waals surface area contributed by atoms with Crippen LogP contribution < -0.4 is 0 Å². The highest BCUT2D eigenvalue weighted by atomic mass is 16.5. The van der Waals surface area contributed by atoms with Gasteiger partial charge in [0.2, 0.25) is 23.4 Å². The fraction of sp³-hybridized carbons (Fsp3) is 0.429. The van der Waals surface area contributed by atoms with Crippen molar-refractivity contribution < 1.29 is 24.0 Å². The first-order valence-electron chi connectivity index (χ1n) is 7.18. The zero-order valence-electron chi connectivity index (χ0n) is 13.1. The number of nitrogens with zero attached hydrogens (tertiary/aromatic N) is 5. The molecule has 10 nitrogen and oxygen atoms in total. The van der Waals surface area contributed by atoms with Crippen LogP contribution >= 0.6 is 0 Å². The van der Waals surface area contributed by atoms with Gasteiger partial charge in [-0.25, -0.2) is 9.97 Å². The molecule has 0 aromatic carbocycles. The molecule has 2 aromatic rings. The van der Waals surface area contributed by atoms with Crippen molar-refractivity contribution in [3.63, 3.8) is 0 Å². The van der Waals surface area contributed by atoms with E-state index in [2.05, 4.69) is 20.1 Å². The van der Waals surface area contributed by atoms with E-state index in [1.54, 1.807) is 18.5 Å². The average molecular weight is 335 g/mol. The minimum atomic E-state index is -1.08. The van der Waals surface area contributed by atoms with Crippen LogP contribution in [0.15, 0.2) is 23.0 Å². The average Bonchev–Trinajstić information content (AvgIpc) is 3.06. The van der Waals surface area contributed by atoms with Crippen molar-refractivity contribution in [2.75, 3.05) is 26.8 Å². The van der Waals surface area contributed by atoms with E-state index in [1.165, 1.54) is 12.0 Å². The van der Waals surface area contributed by atoms with Crippen LogP contribution in [0, 0.1) is 0 Å². The summed E-state index contributed by atoms with van der Waals surface area (Å²) in [5.41, 5.74) is 0. The number of hydrogen-bond donors (Lipinski definition) is 1. The Morgan fingerprint density at radius 1 is 1.29 bits per heavy atom. The van der Waals surface area contributed by atoms with Crippen molar-refractivity contribution >= 4 is 11.9 Å². The molecule has 2 aromatic heterocycles. The Labute approximate surface area is 137 Å². The lowest BCUT2D eigenvalue weighted by Crippen LogP contribution is -2.38. The van der Waals surface area contributed by atoms with Gasteiger partial charge >= 0.3 is 5.97 Å². The highest BCUT2D eigenvalue weighted by molar-refractivity contribution is 5.81. The van der Waals surface area contributed by atoms with Crippen LogP contribution in [0.1, 0.15) is 12.3 Å². The minimum Gasteiger partial charge on any atom is -0.480 e. The molecule has 128 valence electrons. The molecule has 0 unspecified atom stereocenters. The van der Waals surface area contributed by atoms with Gasteiger partial charge in [-0.3, -0.25) is 9.59 Å². The minimum absolute atomic E-state index is 0.0499. The number of methoxy groups -OCH3 is 1. The number of carboxylic acids is 1. The Kier molecular flexibility index (Phi) is 6.32. The van der Waals surface area contributed by atoms with Gasteiger partial charge in [-0.1, -0.05) is 5.16 Å².